The number of hydrogen-bond donors (Lipinski definition) is 2. The van der Waals surface area contributed by atoms with E-state index in [1.54, 1.807) is 30.3 Å². The molecule has 3 N–H and O–H groups in total. The van der Waals surface area contributed by atoms with E-state index < -0.39 is 23.6 Å². The van der Waals surface area contributed by atoms with Gasteiger partial charge in [0.2, 0.25) is 5.91 Å². The number of imide groups is 1. The van der Waals surface area contributed by atoms with Crippen LogP contribution in [0.2, 0.25) is 0 Å². The zero-order valence-electron chi connectivity index (χ0n) is 17.3. The van der Waals surface area contributed by atoms with Crippen LogP contribution in [-0.2, 0) is 14.4 Å². The van der Waals surface area contributed by atoms with Gasteiger partial charge in [0.05, 0.1) is 10.6 Å². The van der Waals surface area contributed by atoms with Crippen molar-refractivity contribution in [3.05, 3.63) is 62.5 Å². The van der Waals surface area contributed by atoms with Crippen LogP contribution in [0.5, 0.6) is 5.75 Å². The zero-order chi connectivity index (χ0) is 23.4. The van der Waals surface area contributed by atoms with Gasteiger partial charge < -0.3 is 15.8 Å². The van der Waals surface area contributed by atoms with Crippen LogP contribution in [0.1, 0.15) is 16.7 Å². The van der Waals surface area contributed by atoms with E-state index in [0.29, 0.717) is 17.0 Å². The summed E-state index contributed by atoms with van der Waals surface area (Å²) in [7, 11) is 0. The molecule has 10 heteroatoms. The summed E-state index contributed by atoms with van der Waals surface area (Å²) >= 11 is 4.18. The summed E-state index contributed by atoms with van der Waals surface area (Å²) in [5, 5.41) is 2.26. The molecule has 166 valence electrons. The van der Waals surface area contributed by atoms with E-state index in [1.165, 1.54) is 0 Å². The van der Waals surface area contributed by atoms with E-state index in [9.17, 15) is 19.2 Å². The van der Waals surface area contributed by atoms with Crippen LogP contribution in [0.25, 0.3) is 6.08 Å². The number of carbonyl (C=O) groups is 4. The van der Waals surface area contributed by atoms with Gasteiger partial charge in [-0.15, -0.1) is 0 Å². The maximum Gasteiger partial charge on any atom is 0.294 e. The quantitative estimate of drug-likeness (QED) is 0.541. The molecule has 32 heavy (non-hydrogen) atoms. The van der Waals surface area contributed by atoms with Crippen LogP contribution >= 0.6 is 27.7 Å². The number of nitrogens with one attached hydrogen (secondary N) is 1. The minimum absolute atomic E-state index is 0.176. The first-order valence-corrected chi connectivity index (χ1v) is 11.1. The summed E-state index contributed by atoms with van der Waals surface area (Å²) in [4.78, 5) is 48.4. The number of nitrogens with two attached hydrogens (primary N) is 1. The number of anilines is 1. The number of hydrogen-bond acceptors (Lipinski definition) is 6. The highest BCUT2D eigenvalue weighted by molar-refractivity contribution is 9.10. The first kappa shape index (κ1) is 23.6. The average molecular weight is 518 g/mol. The molecule has 8 nitrogen and oxygen atoms in total. The van der Waals surface area contributed by atoms with Gasteiger partial charge >= 0.3 is 0 Å². The molecule has 1 fully saturated rings. The zero-order valence-corrected chi connectivity index (χ0v) is 19.7. The number of ether oxygens (including phenoxy) is 1. The highest BCUT2D eigenvalue weighted by Gasteiger charge is 2.35. The van der Waals surface area contributed by atoms with Crippen molar-refractivity contribution >= 4 is 62.4 Å². The molecule has 0 saturated carbocycles. The van der Waals surface area contributed by atoms with Gasteiger partial charge in [0, 0.05) is 4.47 Å². The van der Waals surface area contributed by atoms with Crippen LogP contribution < -0.4 is 15.8 Å². The second kappa shape index (κ2) is 10.0. The Morgan fingerprint density at radius 3 is 2.47 bits per heavy atom. The lowest BCUT2D eigenvalue weighted by molar-refractivity contribution is -0.127. The van der Waals surface area contributed by atoms with E-state index in [-0.39, 0.29) is 17.4 Å². The maximum absolute atomic E-state index is 12.2. The number of thioether (sulfide) groups is 1. The third-order valence-corrected chi connectivity index (χ3v) is 6.16. The molecule has 3 rings (SSSR count). The van der Waals surface area contributed by atoms with Crippen LogP contribution in [0.15, 0.2) is 45.8 Å². The van der Waals surface area contributed by atoms with Crippen molar-refractivity contribution in [3.63, 3.8) is 0 Å². The molecule has 2 aromatic carbocycles. The van der Waals surface area contributed by atoms with E-state index >= 15 is 0 Å². The predicted octanol–water partition coefficient (Wildman–Crippen LogP) is 3.61. The third-order valence-electron chi connectivity index (χ3n) is 4.59. The Balaban J connectivity index is 1.58. The number of amides is 4. The summed E-state index contributed by atoms with van der Waals surface area (Å²) in [5.74, 6) is -1.16. The van der Waals surface area contributed by atoms with Crippen molar-refractivity contribution in [2.24, 2.45) is 5.73 Å². The Kier molecular flexibility index (Phi) is 7.37. The average Bonchev–Trinajstić information content (AvgIpc) is 2.98. The topological polar surface area (TPSA) is 119 Å². The van der Waals surface area contributed by atoms with Gasteiger partial charge in [0.25, 0.3) is 17.1 Å². The standard InChI is InChI=1S/C22H20BrN3O5S/c1-12-7-16(23)17(8-13(12)2)25-20(28)11-31-15-5-3-14(4-6-15)9-18-21(29)26(10-19(24)27)22(30)32-18/h3-9H,10-11H2,1-2H3,(H2,24,27)(H,25,28)/b18-9-. The molecule has 0 unspecified atom stereocenters. The Morgan fingerprint density at radius 1 is 1.16 bits per heavy atom. The normalized spacial score (nSPS) is 14.7. The van der Waals surface area contributed by atoms with Gasteiger partial charge in [-0.2, -0.15) is 0 Å². The van der Waals surface area contributed by atoms with Crippen LogP contribution in [0.4, 0.5) is 10.5 Å². The largest absolute Gasteiger partial charge is 0.484 e. The molecule has 0 bridgehead atoms. The van der Waals surface area contributed by atoms with Crippen molar-refractivity contribution in [2.45, 2.75) is 13.8 Å². The van der Waals surface area contributed by atoms with E-state index in [2.05, 4.69) is 21.2 Å². The lowest BCUT2D eigenvalue weighted by Crippen LogP contribution is -2.36. The van der Waals surface area contributed by atoms with Crippen LogP contribution in [0.3, 0.4) is 0 Å². The SMILES string of the molecule is Cc1cc(Br)c(NC(=O)COc2ccc(/C=C3\SC(=O)N(CC(N)=O)C3=O)cc2)cc1C. The fraction of sp³-hybridized carbons (Fsp3) is 0.182. The Labute approximate surface area is 197 Å². The second-order valence-corrected chi connectivity index (χ2v) is 8.90. The van der Waals surface area contributed by atoms with Crippen LogP contribution in [-0.4, -0.2) is 41.0 Å². The summed E-state index contributed by atoms with van der Waals surface area (Å²) < 4.78 is 6.31. The maximum atomic E-state index is 12.2. The number of benzene rings is 2. The Hall–Kier alpha value is -3.11. The van der Waals surface area contributed by atoms with Crippen molar-refractivity contribution in [2.75, 3.05) is 18.5 Å². The summed E-state index contributed by atoms with van der Waals surface area (Å²) in [6.07, 6.45) is 1.54. The minimum Gasteiger partial charge on any atom is -0.484 e. The fourth-order valence-electron chi connectivity index (χ4n) is 2.82. The van der Waals surface area contributed by atoms with Crippen molar-refractivity contribution in [1.82, 2.24) is 4.90 Å². The van der Waals surface area contributed by atoms with E-state index in [4.69, 9.17) is 10.5 Å². The molecule has 0 aromatic heterocycles. The smallest absolute Gasteiger partial charge is 0.294 e. The number of rotatable bonds is 7. The van der Waals surface area contributed by atoms with Crippen molar-refractivity contribution < 1.29 is 23.9 Å². The number of aryl methyl sites for hydroxylation is 2. The summed E-state index contributed by atoms with van der Waals surface area (Å²) in [6.45, 7) is 3.33. The number of carbonyl (C=O) groups excluding carboxylic acids is 4. The monoisotopic (exact) mass is 517 g/mol. The minimum atomic E-state index is -0.760. The molecular formula is C22H20BrN3O5S. The molecule has 0 spiro atoms. The van der Waals surface area contributed by atoms with Gasteiger partial charge in [0.15, 0.2) is 6.61 Å². The van der Waals surface area contributed by atoms with E-state index in [1.807, 2.05) is 26.0 Å². The lowest BCUT2D eigenvalue weighted by atomic mass is 10.1. The first-order valence-electron chi connectivity index (χ1n) is 9.47. The van der Waals surface area contributed by atoms with Gasteiger partial charge in [-0.05, 0) is 88.6 Å². The third kappa shape index (κ3) is 5.77. The van der Waals surface area contributed by atoms with Gasteiger partial charge in [0.1, 0.15) is 12.3 Å². The molecule has 2 aromatic rings. The molecule has 1 heterocycles. The van der Waals surface area contributed by atoms with Crippen molar-refractivity contribution in [1.29, 1.82) is 0 Å². The molecule has 4 amide bonds. The van der Waals surface area contributed by atoms with E-state index in [0.717, 1.165) is 32.3 Å². The van der Waals surface area contributed by atoms with Gasteiger partial charge in [-0.1, -0.05) is 12.1 Å². The van der Waals surface area contributed by atoms with Gasteiger partial charge in [-0.25, -0.2) is 0 Å². The Morgan fingerprint density at radius 2 is 1.81 bits per heavy atom. The van der Waals surface area contributed by atoms with Crippen LogP contribution in [0, 0.1) is 13.8 Å². The fourth-order valence-corrected chi connectivity index (χ4v) is 4.21. The predicted molar refractivity (Wildman–Crippen MR) is 126 cm³/mol. The first-order chi connectivity index (χ1) is 15.1. The number of primary amides is 1. The molecule has 1 aliphatic rings. The van der Waals surface area contributed by atoms with Crippen molar-refractivity contribution in [3.8, 4) is 5.75 Å². The molecule has 1 saturated heterocycles. The number of halogens is 1. The number of nitrogens with zero attached hydrogens (tertiary/aromatic N) is 1. The molecule has 0 radical (unpaired) electrons. The second-order valence-electron chi connectivity index (χ2n) is 7.06. The lowest BCUT2D eigenvalue weighted by Gasteiger charge is -2.11. The highest BCUT2D eigenvalue weighted by Crippen LogP contribution is 2.32. The highest BCUT2D eigenvalue weighted by atomic mass is 79.9. The summed E-state index contributed by atoms with van der Waals surface area (Å²) in [6, 6.07) is 10.5. The summed E-state index contributed by atoms with van der Waals surface area (Å²) in [5.41, 5.74) is 8.57. The van der Waals surface area contributed by atoms with Gasteiger partial charge in [-0.3, -0.25) is 24.1 Å². The molecular weight excluding hydrogens is 498 g/mol. The molecule has 0 aliphatic carbocycles. The Bertz CT molecular complexity index is 1130. The molecule has 1 aliphatic heterocycles. The molecule has 0 atom stereocenters.